The van der Waals surface area contributed by atoms with Gasteiger partial charge in [-0.3, -0.25) is 0 Å². The Balaban J connectivity index is 2.44. The van der Waals surface area contributed by atoms with E-state index in [0.29, 0.717) is 0 Å². The molecule has 18 heavy (non-hydrogen) atoms. The van der Waals surface area contributed by atoms with Crippen LogP contribution in [0.5, 0.6) is 5.75 Å². The number of benzene rings is 1. The molecule has 0 aliphatic carbocycles. The first kappa shape index (κ1) is 13.4. The van der Waals surface area contributed by atoms with Gasteiger partial charge in [-0.15, -0.1) is 0 Å². The summed E-state index contributed by atoms with van der Waals surface area (Å²) in [5.41, 5.74) is 2.34. The maximum absolute atomic E-state index is 9.90. The third kappa shape index (κ3) is 2.38. The Bertz CT molecular complexity index is 397. The van der Waals surface area contributed by atoms with Gasteiger partial charge in [0, 0.05) is 11.0 Å². The highest BCUT2D eigenvalue weighted by Crippen LogP contribution is 2.39. The van der Waals surface area contributed by atoms with Crippen molar-refractivity contribution in [3.8, 4) is 5.75 Å². The molecule has 1 aliphatic heterocycles. The molecule has 0 bridgehead atoms. The third-order valence-corrected chi connectivity index (χ3v) is 4.11. The maximum Gasteiger partial charge on any atom is 0.122 e. The largest absolute Gasteiger partial charge is 0.496 e. The van der Waals surface area contributed by atoms with Gasteiger partial charge < -0.3 is 15.2 Å². The van der Waals surface area contributed by atoms with Crippen LogP contribution in [0.25, 0.3) is 0 Å². The van der Waals surface area contributed by atoms with E-state index in [1.807, 2.05) is 6.07 Å². The van der Waals surface area contributed by atoms with Crippen molar-refractivity contribution in [1.82, 2.24) is 5.32 Å². The number of piperidine rings is 1. The summed E-state index contributed by atoms with van der Waals surface area (Å²) < 4.78 is 5.49. The van der Waals surface area contributed by atoms with Crippen molar-refractivity contribution in [1.29, 1.82) is 0 Å². The van der Waals surface area contributed by atoms with Crippen LogP contribution in [0.4, 0.5) is 0 Å². The molecule has 2 N–H and O–H groups in total. The minimum atomic E-state index is -0.137. The maximum atomic E-state index is 9.90. The quantitative estimate of drug-likeness (QED) is 0.856. The Morgan fingerprint density at radius 2 is 2.06 bits per heavy atom. The van der Waals surface area contributed by atoms with Gasteiger partial charge in [-0.2, -0.15) is 0 Å². The Morgan fingerprint density at radius 3 is 2.61 bits per heavy atom. The van der Waals surface area contributed by atoms with Gasteiger partial charge in [0.1, 0.15) is 5.75 Å². The first-order valence-corrected chi connectivity index (χ1v) is 6.75. The zero-order valence-corrected chi connectivity index (χ0v) is 11.3. The number of methoxy groups -OCH3 is 1. The molecule has 1 saturated heterocycles. The average Bonchev–Trinajstić information content (AvgIpc) is 2.47. The van der Waals surface area contributed by atoms with Crippen LogP contribution in [0.3, 0.4) is 0 Å². The zero-order valence-electron chi connectivity index (χ0n) is 11.3. The number of aryl methyl sites for hydroxylation is 1. The summed E-state index contributed by atoms with van der Waals surface area (Å²) in [6.07, 6.45) is 2.94. The second kappa shape index (κ2) is 5.72. The molecule has 0 atom stereocenters. The average molecular weight is 249 g/mol. The molecule has 2 rings (SSSR count). The van der Waals surface area contributed by atoms with Crippen LogP contribution in [0.2, 0.25) is 0 Å². The van der Waals surface area contributed by atoms with Crippen molar-refractivity contribution >= 4 is 0 Å². The summed E-state index contributed by atoms with van der Waals surface area (Å²) >= 11 is 0. The van der Waals surface area contributed by atoms with Gasteiger partial charge in [-0.05, 0) is 44.0 Å². The summed E-state index contributed by atoms with van der Waals surface area (Å²) in [6, 6.07) is 6.35. The molecule has 0 saturated carbocycles. The fourth-order valence-corrected chi connectivity index (χ4v) is 2.81. The third-order valence-electron chi connectivity index (χ3n) is 4.11. The molecule has 1 heterocycles. The van der Waals surface area contributed by atoms with Crippen molar-refractivity contribution < 1.29 is 9.84 Å². The molecule has 0 radical (unpaired) electrons. The minimum absolute atomic E-state index is 0.137. The van der Waals surface area contributed by atoms with Crippen molar-refractivity contribution in [3.63, 3.8) is 0 Å². The molecule has 0 aromatic heterocycles. The van der Waals surface area contributed by atoms with Crippen molar-refractivity contribution in [2.24, 2.45) is 0 Å². The van der Waals surface area contributed by atoms with Crippen LogP contribution in [0.1, 0.15) is 30.9 Å². The Hall–Kier alpha value is -1.06. The predicted octanol–water partition coefficient (Wildman–Crippen LogP) is 1.87. The molecule has 1 fully saturated rings. The molecule has 3 heteroatoms. The summed E-state index contributed by atoms with van der Waals surface area (Å²) in [5, 5.41) is 13.3. The molecule has 0 unspecified atom stereocenters. The van der Waals surface area contributed by atoms with E-state index in [2.05, 4.69) is 24.4 Å². The lowest BCUT2D eigenvalue weighted by Gasteiger charge is -2.37. The van der Waals surface area contributed by atoms with Gasteiger partial charge in [0.2, 0.25) is 0 Å². The lowest BCUT2D eigenvalue weighted by molar-refractivity contribution is 0.155. The molecule has 0 amide bonds. The SMILES string of the molecule is CCc1ccc(OC)c(C2(CO)CCNCC2)c1. The molecule has 1 aliphatic rings. The first-order chi connectivity index (χ1) is 8.75. The number of aliphatic hydroxyl groups is 1. The van der Waals surface area contributed by atoms with Gasteiger partial charge in [-0.25, -0.2) is 0 Å². The van der Waals surface area contributed by atoms with Crippen molar-refractivity contribution in [2.75, 3.05) is 26.8 Å². The Morgan fingerprint density at radius 1 is 1.33 bits per heavy atom. The number of hydrogen-bond donors (Lipinski definition) is 2. The van der Waals surface area contributed by atoms with Crippen LogP contribution in [-0.4, -0.2) is 31.9 Å². The Labute approximate surface area is 109 Å². The predicted molar refractivity (Wildman–Crippen MR) is 73.2 cm³/mol. The summed E-state index contributed by atoms with van der Waals surface area (Å²) in [5.74, 6) is 0.906. The summed E-state index contributed by atoms with van der Waals surface area (Å²) in [7, 11) is 1.70. The van der Waals surface area contributed by atoms with E-state index in [4.69, 9.17) is 4.74 Å². The number of hydrogen-bond acceptors (Lipinski definition) is 3. The Kier molecular flexibility index (Phi) is 4.25. The van der Waals surface area contributed by atoms with Gasteiger partial charge in [0.25, 0.3) is 0 Å². The highest BCUT2D eigenvalue weighted by Gasteiger charge is 2.35. The number of aliphatic hydroxyl groups excluding tert-OH is 1. The van der Waals surface area contributed by atoms with Crippen LogP contribution in [-0.2, 0) is 11.8 Å². The molecular formula is C15H23NO2. The van der Waals surface area contributed by atoms with E-state index < -0.39 is 0 Å². The number of rotatable bonds is 4. The number of ether oxygens (including phenoxy) is 1. The van der Waals surface area contributed by atoms with Crippen molar-refractivity contribution in [2.45, 2.75) is 31.6 Å². The lowest BCUT2D eigenvalue weighted by Crippen LogP contribution is -2.42. The van der Waals surface area contributed by atoms with Gasteiger partial charge in [0.15, 0.2) is 0 Å². The van der Waals surface area contributed by atoms with E-state index in [9.17, 15) is 5.11 Å². The second-order valence-corrected chi connectivity index (χ2v) is 5.08. The highest BCUT2D eigenvalue weighted by molar-refractivity contribution is 5.43. The second-order valence-electron chi connectivity index (χ2n) is 5.08. The highest BCUT2D eigenvalue weighted by atomic mass is 16.5. The zero-order chi connectivity index (χ0) is 13.0. The van der Waals surface area contributed by atoms with Crippen LogP contribution in [0.15, 0.2) is 18.2 Å². The molecule has 100 valence electrons. The summed E-state index contributed by atoms with van der Waals surface area (Å²) in [6.45, 7) is 4.26. The fourth-order valence-electron chi connectivity index (χ4n) is 2.81. The van der Waals surface area contributed by atoms with Gasteiger partial charge in [-0.1, -0.05) is 19.1 Å². The van der Waals surface area contributed by atoms with Crippen LogP contribution < -0.4 is 10.1 Å². The molecular weight excluding hydrogens is 226 g/mol. The van der Waals surface area contributed by atoms with Gasteiger partial charge in [0.05, 0.1) is 13.7 Å². The molecule has 0 spiro atoms. The van der Waals surface area contributed by atoms with E-state index in [1.165, 1.54) is 11.1 Å². The van der Waals surface area contributed by atoms with Gasteiger partial charge >= 0.3 is 0 Å². The summed E-state index contributed by atoms with van der Waals surface area (Å²) in [4.78, 5) is 0. The monoisotopic (exact) mass is 249 g/mol. The standard InChI is InChI=1S/C15H23NO2/c1-3-12-4-5-14(18-2)13(10-12)15(11-17)6-8-16-9-7-15/h4-5,10,16-17H,3,6-9,11H2,1-2H3. The van der Waals surface area contributed by atoms with Crippen LogP contribution >= 0.6 is 0 Å². The topological polar surface area (TPSA) is 41.5 Å². The fraction of sp³-hybridized carbons (Fsp3) is 0.600. The molecule has 1 aromatic rings. The smallest absolute Gasteiger partial charge is 0.122 e. The minimum Gasteiger partial charge on any atom is -0.496 e. The normalized spacial score (nSPS) is 18.6. The van der Waals surface area contributed by atoms with E-state index in [0.717, 1.165) is 38.1 Å². The molecule has 1 aromatic carbocycles. The van der Waals surface area contributed by atoms with Crippen LogP contribution in [0, 0.1) is 0 Å². The van der Waals surface area contributed by atoms with E-state index in [-0.39, 0.29) is 12.0 Å². The lowest BCUT2D eigenvalue weighted by atomic mass is 9.73. The van der Waals surface area contributed by atoms with E-state index in [1.54, 1.807) is 7.11 Å². The first-order valence-electron chi connectivity index (χ1n) is 6.75. The molecule has 3 nitrogen and oxygen atoms in total. The number of nitrogens with one attached hydrogen (secondary N) is 1. The van der Waals surface area contributed by atoms with E-state index >= 15 is 0 Å². The van der Waals surface area contributed by atoms with Crippen molar-refractivity contribution in [3.05, 3.63) is 29.3 Å².